The van der Waals surface area contributed by atoms with Gasteiger partial charge in [-0.15, -0.1) is 10.2 Å². The molecule has 9 heteroatoms. The van der Waals surface area contributed by atoms with Gasteiger partial charge < -0.3 is 9.73 Å². The van der Waals surface area contributed by atoms with Crippen molar-refractivity contribution in [1.29, 1.82) is 0 Å². The molecule has 0 radical (unpaired) electrons. The Balaban J connectivity index is 1.55. The standard InChI is InChI=1S/C12H12N6O2S/c1-7-5-8(16-15-7)6-13-11(19)14-12-18-17-10(21-12)9-3-2-4-20-9/h2-5H,6H2,1H3,(H,15,16)(H2,13,14,18,19). The van der Waals surface area contributed by atoms with Crippen molar-refractivity contribution in [2.24, 2.45) is 0 Å². The van der Waals surface area contributed by atoms with Gasteiger partial charge in [0.15, 0.2) is 10.8 Å². The Hall–Kier alpha value is -2.68. The summed E-state index contributed by atoms with van der Waals surface area (Å²) < 4.78 is 5.21. The normalized spacial score (nSPS) is 10.5. The Morgan fingerprint density at radius 1 is 1.48 bits per heavy atom. The van der Waals surface area contributed by atoms with Crippen LogP contribution in [0.15, 0.2) is 28.9 Å². The number of rotatable bonds is 4. The molecule has 0 aliphatic heterocycles. The van der Waals surface area contributed by atoms with Crippen molar-refractivity contribution in [3.63, 3.8) is 0 Å². The lowest BCUT2D eigenvalue weighted by Crippen LogP contribution is -2.28. The van der Waals surface area contributed by atoms with E-state index >= 15 is 0 Å². The Bertz CT molecular complexity index is 733. The molecule has 108 valence electrons. The molecule has 0 fully saturated rings. The predicted molar refractivity (Wildman–Crippen MR) is 76.8 cm³/mol. The summed E-state index contributed by atoms with van der Waals surface area (Å²) in [5.41, 5.74) is 1.70. The van der Waals surface area contributed by atoms with Crippen LogP contribution in [0.2, 0.25) is 0 Å². The van der Waals surface area contributed by atoms with Crippen LogP contribution in [0.4, 0.5) is 9.93 Å². The number of aromatic nitrogens is 4. The third-order valence-corrected chi connectivity index (χ3v) is 3.42. The molecule has 0 atom stereocenters. The van der Waals surface area contributed by atoms with Crippen molar-refractivity contribution in [3.05, 3.63) is 35.9 Å². The second-order valence-corrected chi connectivity index (χ2v) is 5.22. The fraction of sp³-hybridized carbons (Fsp3) is 0.167. The summed E-state index contributed by atoms with van der Waals surface area (Å²) in [6.07, 6.45) is 1.56. The number of aromatic amines is 1. The van der Waals surface area contributed by atoms with Gasteiger partial charge in [0.05, 0.1) is 18.5 Å². The summed E-state index contributed by atoms with van der Waals surface area (Å²) in [4.78, 5) is 11.7. The lowest BCUT2D eigenvalue weighted by atomic mass is 10.4. The fourth-order valence-electron chi connectivity index (χ4n) is 1.65. The number of amides is 2. The molecule has 3 heterocycles. The average Bonchev–Trinajstić information content (AvgIpc) is 3.16. The topological polar surface area (TPSA) is 109 Å². The molecule has 2 amide bonds. The molecular weight excluding hydrogens is 292 g/mol. The molecule has 0 aliphatic carbocycles. The third-order valence-electron chi connectivity index (χ3n) is 2.57. The number of hydrogen-bond acceptors (Lipinski definition) is 6. The van der Waals surface area contributed by atoms with Crippen LogP contribution in [0.1, 0.15) is 11.4 Å². The number of anilines is 1. The van der Waals surface area contributed by atoms with E-state index in [4.69, 9.17) is 4.42 Å². The van der Waals surface area contributed by atoms with E-state index in [2.05, 4.69) is 31.0 Å². The Kier molecular flexibility index (Phi) is 3.65. The van der Waals surface area contributed by atoms with Crippen LogP contribution in [0, 0.1) is 6.92 Å². The first-order valence-electron chi connectivity index (χ1n) is 6.14. The quantitative estimate of drug-likeness (QED) is 0.684. The Labute approximate surface area is 123 Å². The maximum absolute atomic E-state index is 11.7. The van der Waals surface area contributed by atoms with Gasteiger partial charge >= 0.3 is 6.03 Å². The number of urea groups is 1. The molecular formula is C12H12N6O2S. The van der Waals surface area contributed by atoms with Crippen molar-refractivity contribution in [3.8, 4) is 10.8 Å². The van der Waals surface area contributed by atoms with Crippen molar-refractivity contribution < 1.29 is 9.21 Å². The van der Waals surface area contributed by atoms with Gasteiger partial charge in [-0.2, -0.15) is 5.10 Å². The van der Waals surface area contributed by atoms with Gasteiger partial charge in [0.25, 0.3) is 0 Å². The van der Waals surface area contributed by atoms with E-state index in [-0.39, 0.29) is 6.03 Å². The molecule has 0 spiro atoms. The zero-order valence-corrected chi connectivity index (χ0v) is 11.9. The minimum Gasteiger partial charge on any atom is -0.462 e. The summed E-state index contributed by atoms with van der Waals surface area (Å²) in [7, 11) is 0. The van der Waals surface area contributed by atoms with Gasteiger partial charge in [-0.05, 0) is 25.1 Å². The van der Waals surface area contributed by atoms with E-state index in [9.17, 15) is 4.79 Å². The smallest absolute Gasteiger partial charge is 0.321 e. The molecule has 0 bridgehead atoms. The van der Waals surface area contributed by atoms with Crippen molar-refractivity contribution >= 4 is 22.5 Å². The van der Waals surface area contributed by atoms with Crippen LogP contribution in [0.3, 0.4) is 0 Å². The van der Waals surface area contributed by atoms with Gasteiger partial charge in [-0.3, -0.25) is 10.4 Å². The number of furan rings is 1. The van der Waals surface area contributed by atoms with Crippen molar-refractivity contribution in [1.82, 2.24) is 25.7 Å². The zero-order valence-electron chi connectivity index (χ0n) is 11.1. The first-order valence-corrected chi connectivity index (χ1v) is 6.95. The minimum absolute atomic E-state index is 0.333. The molecule has 3 rings (SSSR count). The molecule has 3 aromatic heterocycles. The molecule has 0 saturated carbocycles. The molecule has 0 saturated heterocycles. The molecule has 0 unspecified atom stereocenters. The minimum atomic E-state index is -0.363. The predicted octanol–water partition coefficient (Wildman–Crippen LogP) is 2.15. The molecule has 21 heavy (non-hydrogen) atoms. The van der Waals surface area contributed by atoms with E-state index < -0.39 is 0 Å². The van der Waals surface area contributed by atoms with E-state index in [0.717, 1.165) is 11.4 Å². The molecule has 0 aliphatic rings. The number of carbonyl (C=O) groups is 1. The monoisotopic (exact) mass is 304 g/mol. The zero-order chi connectivity index (χ0) is 14.7. The molecule has 3 aromatic rings. The van der Waals surface area contributed by atoms with Crippen LogP contribution in [0.25, 0.3) is 10.8 Å². The first kappa shape index (κ1) is 13.3. The fourth-order valence-corrected chi connectivity index (χ4v) is 2.36. The van der Waals surface area contributed by atoms with Crippen LogP contribution in [-0.2, 0) is 6.54 Å². The molecule has 0 aromatic carbocycles. The van der Waals surface area contributed by atoms with Gasteiger partial charge in [-0.25, -0.2) is 4.79 Å². The van der Waals surface area contributed by atoms with Crippen molar-refractivity contribution in [2.45, 2.75) is 13.5 Å². The summed E-state index contributed by atoms with van der Waals surface area (Å²) in [6.45, 7) is 2.23. The van der Waals surface area contributed by atoms with Crippen LogP contribution in [0.5, 0.6) is 0 Å². The highest BCUT2D eigenvalue weighted by molar-refractivity contribution is 7.18. The SMILES string of the molecule is Cc1cc(CNC(=O)Nc2nnc(-c3ccco3)s2)n[nH]1. The lowest BCUT2D eigenvalue weighted by Gasteiger charge is -2.02. The van der Waals surface area contributed by atoms with Gasteiger partial charge in [0, 0.05) is 5.69 Å². The first-order chi connectivity index (χ1) is 10.2. The number of H-pyrrole nitrogens is 1. The molecule has 8 nitrogen and oxygen atoms in total. The highest BCUT2D eigenvalue weighted by Gasteiger charge is 2.11. The Morgan fingerprint density at radius 3 is 3.10 bits per heavy atom. The van der Waals surface area contributed by atoms with E-state index in [1.165, 1.54) is 11.3 Å². The largest absolute Gasteiger partial charge is 0.462 e. The maximum Gasteiger partial charge on any atom is 0.321 e. The summed E-state index contributed by atoms with van der Waals surface area (Å²) >= 11 is 1.24. The summed E-state index contributed by atoms with van der Waals surface area (Å²) in [5.74, 6) is 0.618. The maximum atomic E-state index is 11.7. The number of carbonyl (C=O) groups excluding carboxylic acids is 1. The highest BCUT2D eigenvalue weighted by atomic mass is 32.1. The second-order valence-electron chi connectivity index (χ2n) is 4.24. The summed E-state index contributed by atoms with van der Waals surface area (Å²) in [5, 5.41) is 21.0. The lowest BCUT2D eigenvalue weighted by molar-refractivity contribution is 0.251. The van der Waals surface area contributed by atoms with Crippen molar-refractivity contribution in [2.75, 3.05) is 5.32 Å². The third kappa shape index (κ3) is 3.26. The van der Waals surface area contributed by atoms with E-state index in [0.29, 0.717) is 22.4 Å². The van der Waals surface area contributed by atoms with Gasteiger partial charge in [0.1, 0.15) is 0 Å². The number of hydrogen-bond donors (Lipinski definition) is 3. The number of aryl methyl sites for hydroxylation is 1. The average molecular weight is 304 g/mol. The highest BCUT2D eigenvalue weighted by Crippen LogP contribution is 2.26. The molecule has 3 N–H and O–H groups in total. The van der Waals surface area contributed by atoms with E-state index in [1.54, 1.807) is 18.4 Å². The van der Waals surface area contributed by atoms with Gasteiger partial charge in [-0.1, -0.05) is 11.3 Å². The summed E-state index contributed by atoms with van der Waals surface area (Å²) in [6, 6.07) is 5.05. The number of nitrogens with zero attached hydrogens (tertiary/aromatic N) is 3. The Morgan fingerprint density at radius 2 is 2.38 bits per heavy atom. The van der Waals surface area contributed by atoms with Crippen LogP contribution >= 0.6 is 11.3 Å². The van der Waals surface area contributed by atoms with E-state index in [1.807, 2.05) is 13.0 Å². The second kappa shape index (κ2) is 5.75. The van der Waals surface area contributed by atoms with Gasteiger partial charge in [0.2, 0.25) is 5.13 Å². The number of nitrogens with one attached hydrogen (secondary N) is 3. The van der Waals surface area contributed by atoms with Crippen LogP contribution in [-0.4, -0.2) is 26.4 Å². The van der Waals surface area contributed by atoms with Crippen LogP contribution < -0.4 is 10.6 Å².